The molecule has 0 aromatic heterocycles. The number of hydrogen-bond acceptors (Lipinski definition) is 0. The summed E-state index contributed by atoms with van der Waals surface area (Å²) >= 11 is 0. The highest BCUT2D eigenvalue weighted by molar-refractivity contribution is 6.82. The molecule has 1 atom stereocenters. The third-order valence-electron chi connectivity index (χ3n) is 5.05. The van der Waals surface area contributed by atoms with Crippen molar-refractivity contribution < 1.29 is 0 Å². The molecular weight excluding hydrogens is 172 g/mol. The molecule has 1 heterocycles. The maximum Gasteiger partial charge on any atom is 0.0589 e. The maximum absolute atomic E-state index is 2.59. The fourth-order valence-corrected chi connectivity index (χ4v) is 9.46. The second-order valence-electron chi connectivity index (χ2n) is 5.11. The van der Waals surface area contributed by atoms with E-state index in [0.29, 0.717) is 0 Å². The van der Waals surface area contributed by atoms with E-state index in [1.807, 2.05) is 0 Å². The lowest BCUT2D eigenvalue weighted by Crippen LogP contribution is -2.47. The third-order valence-corrected chi connectivity index (χ3v) is 12.2. The van der Waals surface area contributed by atoms with Gasteiger partial charge in [0, 0.05) is 0 Å². The topological polar surface area (TPSA) is 0 Å². The van der Waals surface area contributed by atoms with Crippen molar-refractivity contribution in [2.45, 2.75) is 76.5 Å². The molecule has 1 heteroatoms. The van der Waals surface area contributed by atoms with Gasteiger partial charge in [-0.3, -0.25) is 0 Å². The van der Waals surface area contributed by atoms with Crippen LogP contribution in [0.2, 0.25) is 23.2 Å². The normalized spacial score (nSPS) is 33.2. The average Bonchev–Trinajstić information content (AvgIpc) is 2.19. The quantitative estimate of drug-likeness (QED) is 0.570. The van der Waals surface area contributed by atoms with Crippen molar-refractivity contribution in [3.05, 3.63) is 0 Å². The largest absolute Gasteiger partial charge is 0.0678 e. The van der Waals surface area contributed by atoms with Crippen LogP contribution in [-0.2, 0) is 0 Å². The minimum absolute atomic E-state index is 0.773. The highest BCUT2D eigenvalue weighted by atomic mass is 28.3. The Hall–Kier alpha value is 0.217. The molecule has 0 bridgehead atoms. The monoisotopic (exact) mass is 198 g/mol. The minimum Gasteiger partial charge on any atom is -0.0678 e. The van der Waals surface area contributed by atoms with E-state index in [2.05, 4.69) is 27.7 Å². The molecule has 1 rings (SSSR count). The van der Waals surface area contributed by atoms with E-state index in [9.17, 15) is 0 Å². The zero-order valence-corrected chi connectivity index (χ0v) is 10.9. The molecule has 0 radical (unpaired) electrons. The Labute approximate surface area is 85.1 Å². The lowest BCUT2D eigenvalue weighted by Gasteiger charge is -2.50. The first-order valence-corrected chi connectivity index (χ1v) is 8.76. The summed E-state index contributed by atoms with van der Waals surface area (Å²) in [6.45, 7) is 9.91. The Balaban J connectivity index is 2.87. The molecular formula is C12H26Si. The van der Waals surface area contributed by atoms with E-state index in [-0.39, 0.29) is 0 Å². The Morgan fingerprint density at radius 3 is 2.08 bits per heavy atom. The zero-order chi connectivity index (χ0) is 9.95. The predicted molar refractivity (Wildman–Crippen MR) is 64.0 cm³/mol. The summed E-state index contributed by atoms with van der Waals surface area (Å²) in [6, 6.07) is 4.66. The van der Waals surface area contributed by atoms with Crippen molar-refractivity contribution in [2.24, 2.45) is 0 Å². The van der Waals surface area contributed by atoms with Crippen molar-refractivity contribution in [2.75, 3.05) is 0 Å². The summed E-state index contributed by atoms with van der Waals surface area (Å²) < 4.78 is 0. The third kappa shape index (κ3) is 1.72. The summed E-state index contributed by atoms with van der Waals surface area (Å²) in [5, 5.41) is 0.773. The molecule has 0 spiro atoms. The van der Waals surface area contributed by atoms with E-state index in [1.54, 1.807) is 6.04 Å². The molecule has 78 valence electrons. The van der Waals surface area contributed by atoms with Crippen LogP contribution in [0.15, 0.2) is 0 Å². The predicted octanol–water partition coefficient (Wildman–Crippen LogP) is 4.83. The van der Waals surface area contributed by atoms with Crippen LogP contribution in [0, 0.1) is 0 Å². The Kier molecular flexibility index (Phi) is 3.62. The van der Waals surface area contributed by atoms with Crippen molar-refractivity contribution in [1.29, 1.82) is 0 Å². The molecule has 0 aliphatic carbocycles. The summed E-state index contributed by atoms with van der Waals surface area (Å²) in [5.41, 5.74) is 0. The summed E-state index contributed by atoms with van der Waals surface area (Å²) in [4.78, 5) is 0. The molecule has 0 amide bonds. The molecule has 13 heavy (non-hydrogen) atoms. The van der Waals surface area contributed by atoms with Gasteiger partial charge in [-0.25, -0.2) is 0 Å². The van der Waals surface area contributed by atoms with Crippen LogP contribution in [0.5, 0.6) is 0 Å². The van der Waals surface area contributed by atoms with Gasteiger partial charge in [0.05, 0.1) is 8.07 Å². The van der Waals surface area contributed by atoms with E-state index in [4.69, 9.17) is 0 Å². The number of hydrogen-bond donors (Lipinski definition) is 0. The van der Waals surface area contributed by atoms with E-state index < -0.39 is 8.07 Å². The lowest BCUT2D eigenvalue weighted by atomic mass is 9.99. The molecule has 1 fully saturated rings. The fraction of sp³-hybridized carbons (Fsp3) is 1.00. The van der Waals surface area contributed by atoms with Gasteiger partial charge in [-0.05, 0) is 5.04 Å². The SMILES string of the molecule is CCC1(C)CCCC[Si]1(CC)CC. The molecule has 1 aliphatic heterocycles. The van der Waals surface area contributed by atoms with E-state index in [0.717, 1.165) is 5.04 Å². The molecule has 0 nitrogen and oxygen atoms in total. The van der Waals surface area contributed by atoms with Gasteiger partial charge in [-0.1, -0.05) is 71.5 Å². The average molecular weight is 198 g/mol. The number of rotatable bonds is 3. The second kappa shape index (κ2) is 4.16. The first kappa shape index (κ1) is 11.3. The lowest BCUT2D eigenvalue weighted by molar-refractivity contribution is 0.453. The molecule has 0 N–H and O–H groups in total. The second-order valence-corrected chi connectivity index (χ2v) is 10.8. The smallest absolute Gasteiger partial charge is 0.0589 e. The van der Waals surface area contributed by atoms with Crippen molar-refractivity contribution in [3.8, 4) is 0 Å². The van der Waals surface area contributed by atoms with Crippen LogP contribution in [0.3, 0.4) is 0 Å². The molecule has 0 aromatic rings. The Morgan fingerprint density at radius 2 is 1.69 bits per heavy atom. The van der Waals surface area contributed by atoms with E-state index >= 15 is 0 Å². The Morgan fingerprint density at radius 1 is 1.08 bits per heavy atom. The fourth-order valence-electron chi connectivity index (χ4n) is 3.55. The minimum atomic E-state index is -0.884. The van der Waals surface area contributed by atoms with Crippen LogP contribution in [0.4, 0.5) is 0 Å². The van der Waals surface area contributed by atoms with Gasteiger partial charge >= 0.3 is 0 Å². The molecule has 0 saturated carbocycles. The summed E-state index contributed by atoms with van der Waals surface area (Å²) in [5.74, 6) is 0. The van der Waals surface area contributed by atoms with Gasteiger partial charge in [0.2, 0.25) is 0 Å². The maximum atomic E-state index is 2.59. The van der Waals surface area contributed by atoms with Gasteiger partial charge in [0.15, 0.2) is 0 Å². The molecule has 1 unspecified atom stereocenters. The molecule has 0 aromatic carbocycles. The Bertz CT molecular complexity index is 161. The van der Waals surface area contributed by atoms with Gasteiger partial charge in [0.25, 0.3) is 0 Å². The van der Waals surface area contributed by atoms with Crippen LogP contribution in [0.1, 0.15) is 53.4 Å². The van der Waals surface area contributed by atoms with Crippen LogP contribution in [0.25, 0.3) is 0 Å². The van der Waals surface area contributed by atoms with Crippen molar-refractivity contribution in [1.82, 2.24) is 0 Å². The highest BCUT2D eigenvalue weighted by Crippen LogP contribution is 2.54. The van der Waals surface area contributed by atoms with Crippen LogP contribution in [-0.4, -0.2) is 8.07 Å². The van der Waals surface area contributed by atoms with E-state index in [1.165, 1.54) is 37.8 Å². The van der Waals surface area contributed by atoms with Crippen molar-refractivity contribution >= 4 is 8.07 Å². The van der Waals surface area contributed by atoms with Gasteiger partial charge in [0.1, 0.15) is 0 Å². The van der Waals surface area contributed by atoms with Gasteiger partial charge in [-0.15, -0.1) is 0 Å². The molecule has 1 saturated heterocycles. The standard InChI is InChI=1S/C12H26Si/c1-5-12(4)10-8-9-11-13(12,6-2)7-3/h5-11H2,1-4H3. The van der Waals surface area contributed by atoms with Crippen LogP contribution < -0.4 is 0 Å². The first-order chi connectivity index (χ1) is 6.14. The molecule has 1 aliphatic rings. The summed E-state index contributed by atoms with van der Waals surface area (Å²) in [6.07, 6.45) is 5.99. The zero-order valence-electron chi connectivity index (χ0n) is 9.95. The first-order valence-electron chi connectivity index (χ1n) is 6.14. The van der Waals surface area contributed by atoms with Crippen molar-refractivity contribution in [3.63, 3.8) is 0 Å². The van der Waals surface area contributed by atoms with Gasteiger partial charge in [-0.2, -0.15) is 0 Å². The van der Waals surface area contributed by atoms with Crippen LogP contribution >= 0.6 is 0 Å². The highest BCUT2D eigenvalue weighted by Gasteiger charge is 2.47. The van der Waals surface area contributed by atoms with Gasteiger partial charge < -0.3 is 0 Å². The summed E-state index contributed by atoms with van der Waals surface area (Å²) in [7, 11) is -0.884.